The van der Waals surface area contributed by atoms with E-state index in [0.717, 1.165) is 5.69 Å². The maximum atomic E-state index is 13.1. The van der Waals surface area contributed by atoms with Crippen molar-refractivity contribution >= 4 is 23.2 Å². The Hall–Kier alpha value is -2.86. The number of carbonyl (C=O) groups is 1. The van der Waals surface area contributed by atoms with Crippen LogP contribution in [0.15, 0.2) is 48.7 Å². The van der Waals surface area contributed by atoms with Gasteiger partial charge >= 0.3 is 0 Å². The van der Waals surface area contributed by atoms with Gasteiger partial charge in [-0.05, 0) is 42.8 Å². The van der Waals surface area contributed by atoms with E-state index in [1.54, 1.807) is 42.1 Å². The van der Waals surface area contributed by atoms with E-state index < -0.39 is 0 Å². The van der Waals surface area contributed by atoms with E-state index in [4.69, 9.17) is 16.3 Å². The molecule has 0 saturated heterocycles. The highest BCUT2D eigenvalue weighted by Crippen LogP contribution is 2.27. The Kier molecular flexibility index (Phi) is 5.23. The SMILES string of the molecule is CCc1c(C(=O)Nc2ccc(OC)cc2Cl)cnn1-c1ccc(F)cc1. The van der Waals surface area contributed by atoms with E-state index in [1.165, 1.54) is 18.3 Å². The molecule has 0 spiro atoms. The second kappa shape index (κ2) is 7.58. The highest BCUT2D eigenvalue weighted by molar-refractivity contribution is 6.34. The lowest BCUT2D eigenvalue weighted by atomic mass is 10.1. The zero-order valence-electron chi connectivity index (χ0n) is 14.3. The van der Waals surface area contributed by atoms with Gasteiger partial charge in [0.1, 0.15) is 11.6 Å². The fraction of sp³-hybridized carbons (Fsp3) is 0.158. The molecular weight excluding hydrogens is 357 g/mol. The van der Waals surface area contributed by atoms with Gasteiger partial charge in [-0.2, -0.15) is 5.10 Å². The summed E-state index contributed by atoms with van der Waals surface area (Å²) in [5.41, 5.74) is 2.32. The van der Waals surface area contributed by atoms with Gasteiger partial charge < -0.3 is 10.1 Å². The lowest BCUT2D eigenvalue weighted by molar-refractivity contribution is 0.102. The van der Waals surface area contributed by atoms with Gasteiger partial charge in [-0.25, -0.2) is 9.07 Å². The monoisotopic (exact) mass is 373 g/mol. The van der Waals surface area contributed by atoms with E-state index in [2.05, 4.69) is 10.4 Å². The molecule has 1 aromatic heterocycles. The van der Waals surface area contributed by atoms with Crippen LogP contribution in [0.4, 0.5) is 10.1 Å². The minimum atomic E-state index is -0.328. The van der Waals surface area contributed by atoms with Crippen LogP contribution in [0.2, 0.25) is 5.02 Å². The number of methoxy groups -OCH3 is 1. The quantitative estimate of drug-likeness (QED) is 0.717. The van der Waals surface area contributed by atoms with E-state index in [9.17, 15) is 9.18 Å². The number of hydrogen-bond acceptors (Lipinski definition) is 3. The number of halogens is 2. The molecule has 2 aromatic carbocycles. The van der Waals surface area contributed by atoms with E-state index in [0.29, 0.717) is 34.1 Å². The standard InChI is InChI=1S/C19H17ClFN3O2/c1-3-18-15(11-22-24(18)13-6-4-12(21)5-7-13)19(25)23-17-9-8-14(26-2)10-16(17)20/h4-11H,3H2,1-2H3,(H,23,25). The third-order valence-corrected chi connectivity index (χ3v) is 4.26. The molecule has 26 heavy (non-hydrogen) atoms. The minimum Gasteiger partial charge on any atom is -0.497 e. The van der Waals surface area contributed by atoms with Crippen LogP contribution in [-0.2, 0) is 6.42 Å². The fourth-order valence-electron chi connectivity index (χ4n) is 2.62. The molecule has 1 heterocycles. The van der Waals surface area contributed by atoms with Crippen LogP contribution in [0, 0.1) is 5.82 Å². The van der Waals surface area contributed by atoms with Gasteiger partial charge in [0.2, 0.25) is 0 Å². The molecule has 5 nitrogen and oxygen atoms in total. The van der Waals surface area contributed by atoms with Crippen LogP contribution in [0.25, 0.3) is 5.69 Å². The number of benzene rings is 2. The Labute approximate surface area is 155 Å². The summed E-state index contributed by atoms with van der Waals surface area (Å²) >= 11 is 6.18. The highest BCUT2D eigenvalue weighted by Gasteiger charge is 2.18. The Bertz CT molecular complexity index is 938. The van der Waals surface area contributed by atoms with Crippen LogP contribution >= 0.6 is 11.6 Å². The molecule has 0 atom stereocenters. The molecule has 1 N–H and O–H groups in total. The first kappa shape index (κ1) is 17.9. The summed E-state index contributed by atoms with van der Waals surface area (Å²) in [6.07, 6.45) is 2.07. The number of nitrogens with one attached hydrogen (secondary N) is 1. The van der Waals surface area contributed by atoms with Crippen molar-refractivity contribution < 1.29 is 13.9 Å². The molecule has 0 bridgehead atoms. The molecule has 0 radical (unpaired) electrons. The van der Waals surface area contributed by atoms with Gasteiger partial charge in [0.05, 0.1) is 41.0 Å². The third-order valence-electron chi connectivity index (χ3n) is 3.94. The number of hydrogen-bond donors (Lipinski definition) is 1. The summed E-state index contributed by atoms with van der Waals surface area (Å²) in [6, 6.07) is 11.0. The van der Waals surface area contributed by atoms with Crippen LogP contribution < -0.4 is 10.1 Å². The van der Waals surface area contributed by atoms with E-state index >= 15 is 0 Å². The van der Waals surface area contributed by atoms with Crippen LogP contribution in [0.1, 0.15) is 23.0 Å². The van der Waals surface area contributed by atoms with Gasteiger partial charge in [0.25, 0.3) is 5.91 Å². The highest BCUT2D eigenvalue weighted by atomic mass is 35.5. The number of nitrogens with zero attached hydrogens (tertiary/aromatic N) is 2. The van der Waals surface area contributed by atoms with Crippen molar-refractivity contribution in [3.05, 3.63) is 70.8 Å². The van der Waals surface area contributed by atoms with Crippen molar-refractivity contribution in [2.24, 2.45) is 0 Å². The number of ether oxygens (including phenoxy) is 1. The smallest absolute Gasteiger partial charge is 0.259 e. The van der Waals surface area contributed by atoms with Gasteiger partial charge in [-0.3, -0.25) is 4.79 Å². The molecule has 0 aliphatic carbocycles. The predicted octanol–water partition coefficient (Wildman–Crippen LogP) is 4.49. The van der Waals surface area contributed by atoms with Gasteiger partial charge in [-0.1, -0.05) is 18.5 Å². The normalized spacial score (nSPS) is 10.6. The molecule has 0 aliphatic rings. The van der Waals surface area contributed by atoms with Gasteiger partial charge in [0, 0.05) is 6.07 Å². The number of carbonyl (C=O) groups excluding carboxylic acids is 1. The first-order chi connectivity index (χ1) is 12.5. The fourth-order valence-corrected chi connectivity index (χ4v) is 2.84. The lowest BCUT2D eigenvalue weighted by Gasteiger charge is -2.10. The Morgan fingerprint density at radius 2 is 2.00 bits per heavy atom. The van der Waals surface area contributed by atoms with Crippen molar-refractivity contribution in [2.75, 3.05) is 12.4 Å². The maximum absolute atomic E-state index is 13.1. The van der Waals surface area contributed by atoms with Crippen molar-refractivity contribution in [3.8, 4) is 11.4 Å². The molecule has 0 saturated carbocycles. The number of anilines is 1. The summed E-state index contributed by atoms with van der Waals surface area (Å²) in [5.74, 6) is -0.0419. The van der Waals surface area contributed by atoms with Crippen LogP contribution in [0.5, 0.6) is 5.75 Å². The summed E-state index contributed by atoms with van der Waals surface area (Å²) < 4.78 is 19.9. The number of amides is 1. The topological polar surface area (TPSA) is 56.1 Å². The molecule has 3 aromatic rings. The van der Waals surface area contributed by atoms with E-state index in [-0.39, 0.29) is 11.7 Å². The van der Waals surface area contributed by atoms with Crippen LogP contribution in [0.3, 0.4) is 0 Å². The molecule has 1 amide bonds. The van der Waals surface area contributed by atoms with Gasteiger partial charge in [0.15, 0.2) is 0 Å². The summed E-state index contributed by atoms with van der Waals surface area (Å²) in [6.45, 7) is 1.92. The summed E-state index contributed by atoms with van der Waals surface area (Å²) in [5, 5.41) is 7.44. The average Bonchev–Trinajstić information content (AvgIpc) is 3.08. The minimum absolute atomic E-state index is 0.317. The Balaban J connectivity index is 1.89. The van der Waals surface area contributed by atoms with Crippen molar-refractivity contribution in [3.63, 3.8) is 0 Å². The molecule has 0 aliphatic heterocycles. The molecule has 134 valence electrons. The summed E-state index contributed by atoms with van der Waals surface area (Å²) in [7, 11) is 1.54. The van der Waals surface area contributed by atoms with E-state index in [1.807, 2.05) is 6.92 Å². The van der Waals surface area contributed by atoms with Crippen LogP contribution in [-0.4, -0.2) is 22.8 Å². The lowest BCUT2D eigenvalue weighted by Crippen LogP contribution is -2.14. The maximum Gasteiger partial charge on any atom is 0.259 e. The number of rotatable bonds is 5. The first-order valence-corrected chi connectivity index (χ1v) is 8.39. The first-order valence-electron chi connectivity index (χ1n) is 8.01. The zero-order valence-corrected chi connectivity index (χ0v) is 15.0. The third kappa shape index (κ3) is 3.55. The largest absolute Gasteiger partial charge is 0.497 e. The van der Waals surface area contributed by atoms with Crippen molar-refractivity contribution in [1.82, 2.24) is 9.78 Å². The molecule has 7 heteroatoms. The molecule has 0 fully saturated rings. The second-order valence-electron chi connectivity index (χ2n) is 5.55. The second-order valence-corrected chi connectivity index (χ2v) is 5.95. The van der Waals surface area contributed by atoms with Crippen molar-refractivity contribution in [2.45, 2.75) is 13.3 Å². The number of aromatic nitrogens is 2. The molecule has 0 unspecified atom stereocenters. The Morgan fingerprint density at radius 3 is 2.62 bits per heavy atom. The molecule has 3 rings (SSSR count). The average molecular weight is 374 g/mol. The molecular formula is C19H17ClFN3O2. The Morgan fingerprint density at radius 1 is 1.27 bits per heavy atom. The zero-order chi connectivity index (χ0) is 18.7. The summed E-state index contributed by atoms with van der Waals surface area (Å²) in [4.78, 5) is 12.7. The van der Waals surface area contributed by atoms with Gasteiger partial charge in [-0.15, -0.1) is 0 Å². The van der Waals surface area contributed by atoms with Crippen molar-refractivity contribution in [1.29, 1.82) is 0 Å². The predicted molar refractivity (Wildman–Crippen MR) is 98.9 cm³/mol.